The standard InChI is InChI=1S/C10H16O2.C8H6FN.C3H6/c1-5-8-7(2)6-10(3,4)12-9(8)11;1-6-2-3-7(5-10)4-8(6)9;1-3-2/h5-6H2,1-4H3;2-4H,1H3;3H,1H2,2H3. The molecule has 0 N–H and O–H groups in total. The predicted molar refractivity (Wildman–Crippen MR) is 99.5 cm³/mol. The summed E-state index contributed by atoms with van der Waals surface area (Å²) < 4.78 is 17.9. The number of nitriles is 1. The average Bonchev–Trinajstić information content (AvgIpc) is 2.50. The molecule has 0 unspecified atom stereocenters. The molecule has 1 aliphatic heterocycles. The van der Waals surface area contributed by atoms with Gasteiger partial charge in [0, 0.05) is 12.0 Å². The van der Waals surface area contributed by atoms with Crippen LogP contribution >= 0.6 is 0 Å². The molecule has 4 heteroatoms. The summed E-state index contributed by atoms with van der Waals surface area (Å²) in [6.45, 7) is 14.8. The monoisotopic (exact) mass is 345 g/mol. The summed E-state index contributed by atoms with van der Waals surface area (Å²) in [5, 5.41) is 8.34. The fourth-order valence-electron chi connectivity index (χ4n) is 2.38. The summed E-state index contributed by atoms with van der Waals surface area (Å²) in [5.74, 6) is -0.453. The van der Waals surface area contributed by atoms with Gasteiger partial charge in [0.05, 0.1) is 11.6 Å². The van der Waals surface area contributed by atoms with Crippen molar-refractivity contribution in [3.63, 3.8) is 0 Å². The maximum Gasteiger partial charge on any atom is 0.334 e. The Balaban J connectivity index is 0.000000403. The molecular formula is C21H28FNO2. The number of ether oxygens (including phenoxy) is 1. The Morgan fingerprint density at radius 1 is 1.40 bits per heavy atom. The van der Waals surface area contributed by atoms with Crippen LogP contribution in [-0.2, 0) is 9.53 Å². The van der Waals surface area contributed by atoms with Crippen LogP contribution in [0.2, 0.25) is 0 Å². The van der Waals surface area contributed by atoms with Crippen molar-refractivity contribution < 1.29 is 13.9 Å². The van der Waals surface area contributed by atoms with E-state index < -0.39 is 0 Å². The van der Waals surface area contributed by atoms with E-state index in [1.165, 1.54) is 11.6 Å². The van der Waals surface area contributed by atoms with E-state index in [0.717, 1.165) is 18.4 Å². The minimum atomic E-state index is -0.320. The van der Waals surface area contributed by atoms with E-state index in [9.17, 15) is 9.18 Å². The van der Waals surface area contributed by atoms with Gasteiger partial charge in [-0.05, 0) is 58.7 Å². The lowest BCUT2D eigenvalue weighted by atomic mass is 9.91. The van der Waals surface area contributed by atoms with Gasteiger partial charge in [-0.1, -0.05) is 24.6 Å². The zero-order valence-electron chi connectivity index (χ0n) is 16.1. The maximum absolute atomic E-state index is 12.6. The molecule has 0 spiro atoms. The number of cyclic esters (lactones) is 1. The Kier molecular flexibility index (Phi) is 9.45. The van der Waals surface area contributed by atoms with Crippen molar-refractivity contribution in [1.82, 2.24) is 0 Å². The molecule has 0 fully saturated rings. The Bertz CT molecular complexity index is 682. The first kappa shape index (κ1) is 22.6. The number of benzene rings is 1. The second-order valence-electron chi connectivity index (χ2n) is 6.42. The molecule has 0 saturated carbocycles. The van der Waals surface area contributed by atoms with E-state index in [1.807, 2.05) is 40.7 Å². The van der Waals surface area contributed by atoms with Crippen molar-refractivity contribution in [3.8, 4) is 6.07 Å². The highest BCUT2D eigenvalue weighted by molar-refractivity contribution is 5.90. The zero-order valence-corrected chi connectivity index (χ0v) is 16.1. The van der Waals surface area contributed by atoms with E-state index in [-0.39, 0.29) is 17.4 Å². The molecule has 0 atom stereocenters. The molecule has 1 heterocycles. The number of hydrogen-bond acceptors (Lipinski definition) is 3. The minimum absolute atomic E-state index is 0.133. The van der Waals surface area contributed by atoms with Gasteiger partial charge in [0.15, 0.2) is 0 Å². The molecule has 136 valence electrons. The number of carbonyl (C=O) groups excluding carboxylic acids is 1. The Labute approximate surface area is 150 Å². The van der Waals surface area contributed by atoms with Gasteiger partial charge >= 0.3 is 5.97 Å². The third-order valence-electron chi connectivity index (χ3n) is 3.48. The van der Waals surface area contributed by atoms with Crippen LogP contribution < -0.4 is 0 Å². The summed E-state index contributed by atoms with van der Waals surface area (Å²) >= 11 is 0. The molecule has 0 aromatic heterocycles. The molecule has 1 aromatic carbocycles. The third kappa shape index (κ3) is 7.80. The van der Waals surface area contributed by atoms with Gasteiger partial charge < -0.3 is 4.74 Å². The number of nitrogens with zero attached hydrogens (tertiary/aromatic N) is 1. The largest absolute Gasteiger partial charge is 0.456 e. The zero-order chi connectivity index (χ0) is 19.6. The van der Waals surface area contributed by atoms with Gasteiger partial charge in [-0.25, -0.2) is 9.18 Å². The van der Waals surface area contributed by atoms with Gasteiger partial charge in [0.2, 0.25) is 0 Å². The first-order valence-corrected chi connectivity index (χ1v) is 8.27. The average molecular weight is 345 g/mol. The minimum Gasteiger partial charge on any atom is -0.456 e. The van der Waals surface area contributed by atoms with Crippen molar-refractivity contribution in [2.45, 2.75) is 60.0 Å². The molecule has 0 radical (unpaired) electrons. The summed E-state index contributed by atoms with van der Waals surface area (Å²) in [6.07, 6.45) is 3.39. The van der Waals surface area contributed by atoms with Crippen LogP contribution in [0.4, 0.5) is 4.39 Å². The smallest absolute Gasteiger partial charge is 0.334 e. The molecular weight excluding hydrogens is 317 g/mol. The van der Waals surface area contributed by atoms with Crippen molar-refractivity contribution in [3.05, 3.63) is 58.9 Å². The van der Waals surface area contributed by atoms with Crippen LogP contribution in [0.3, 0.4) is 0 Å². The van der Waals surface area contributed by atoms with Crippen LogP contribution in [0.25, 0.3) is 0 Å². The Morgan fingerprint density at radius 2 is 1.96 bits per heavy atom. The number of hydrogen-bond donors (Lipinski definition) is 0. The lowest BCUT2D eigenvalue weighted by Gasteiger charge is -2.31. The van der Waals surface area contributed by atoms with Gasteiger partial charge in [-0.3, -0.25) is 0 Å². The van der Waals surface area contributed by atoms with E-state index >= 15 is 0 Å². The molecule has 0 saturated heterocycles. The fraction of sp³-hybridized carbons (Fsp3) is 0.429. The van der Waals surface area contributed by atoms with Crippen molar-refractivity contribution in [2.75, 3.05) is 0 Å². The Hall–Kier alpha value is -2.41. The van der Waals surface area contributed by atoms with Gasteiger partial charge in [0.1, 0.15) is 11.4 Å². The van der Waals surface area contributed by atoms with Crippen LogP contribution in [0.5, 0.6) is 0 Å². The van der Waals surface area contributed by atoms with Gasteiger partial charge in [-0.2, -0.15) is 5.26 Å². The molecule has 0 bridgehead atoms. The molecule has 0 amide bonds. The Morgan fingerprint density at radius 3 is 2.36 bits per heavy atom. The highest BCUT2D eigenvalue weighted by Gasteiger charge is 2.31. The number of halogens is 1. The van der Waals surface area contributed by atoms with Crippen LogP contribution in [0, 0.1) is 24.1 Å². The maximum atomic E-state index is 12.6. The van der Waals surface area contributed by atoms with Crippen molar-refractivity contribution in [2.24, 2.45) is 0 Å². The summed E-state index contributed by atoms with van der Waals surface area (Å²) in [7, 11) is 0. The second-order valence-corrected chi connectivity index (χ2v) is 6.42. The second kappa shape index (κ2) is 10.5. The van der Waals surface area contributed by atoms with E-state index in [1.54, 1.807) is 25.1 Å². The lowest BCUT2D eigenvalue weighted by molar-refractivity contribution is -0.153. The first-order valence-electron chi connectivity index (χ1n) is 8.27. The number of carbonyl (C=O) groups is 1. The number of esters is 1. The quantitative estimate of drug-likeness (QED) is 0.489. The van der Waals surface area contributed by atoms with Gasteiger partial charge in [-0.15, -0.1) is 6.58 Å². The molecule has 2 rings (SSSR count). The van der Waals surface area contributed by atoms with Crippen molar-refractivity contribution in [1.29, 1.82) is 5.26 Å². The summed E-state index contributed by atoms with van der Waals surface area (Å²) in [6, 6.07) is 6.27. The summed E-state index contributed by atoms with van der Waals surface area (Å²) in [5.41, 5.74) is 2.66. The highest BCUT2D eigenvalue weighted by Crippen LogP contribution is 2.30. The van der Waals surface area contributed by atoms with E-state index in [4.69, 9.17) is 10.00 Å². The predicted octanol–water partition coefficient (Wildman–Crippen LogP) is 5.64. The SMILES string of the molecule is C=CC.CCC1=C(C)CC(C)(C)OC1=O.Cc1ccc(C#N)cc1F. The molecule has 0 aliphatic carbocycles. The number of allylic oxidation sites excluding steroid dienone is 1. The van der Waals surface area contributed by atoms with E-state index in [0.29, 0.717) is 11.1 Å². The molecule has 3 nitrogen and oxygen atoms in total. The van der Waals surface area contributed by atoms with Crippen molar-refractivity contribution >= 4 is 5.97 Å². The van der Waals surface area contributed by atoms with Gasteiger partial charge in [0.25, 0.3) is 0 Å². The van der Waals surface area contributed by atoms with Crippen LogP contribution in [-0.4, -0.2) is 11.6 Å². The normalized spacial score (nSPS) is 14.9. The molecule has 1 aromatic rings. The first-order chi connectivity index (χ1) is 11.6. The van der Waals surface area contributed by atoms with Crippen LogP contribution in [0.1, 0.15) is 58.6 Å². The lowest BCUT2D eigenvalue weighted by Crippen LogP contribution is -2.33. The number of aryl methyl sites for hydroxylation is 1. The van der Waals surface area contributed by atoms with Crippen LogP contribution in [0.15, 0.2) is 42.0 Å². The third-order valence-corrected chi connectivity index (χ3v) is 3.48. The topological polar surface area (TPSA) is 50.1 Å². The molecule has 1 aliphatic rings. The number of rotatable bonds is 1. The van der Waals surface area contributed by atoms with E-state index in [2.05, 4.69) is 6.58 Å². The highest BCUT2D eigenvalue weighted by atomic mass is 19.1. The fourth-order valence-corrected chi connectivity index (χ4v) is 2.38. The molecule has 25 heavy (non-hydrogen) atoms. The summed E-state index contributed by atoms with van der Waals surface area (Å²) in [4.78, 5) is 11.4.